The first-order valence-electron chi connectivity index (χ1n) is 11.3. The second-order valence-corrected chi connectivity index (χ2v) is 8.46. The Balaban J connectivity index is 2.01. The van der Waals surface area contributed by atoms with E-state index in [0.717, 1.165) is 33.4 Å². The fourth-order valence-corrected chi connectivity index (χ4v) is 5.02. The molecule has 0 bridgehead atoms. The van der Waals surface area contributed by atoms with Crippen molar-refractivity contribution < 1.29 is 33.5 Å². The first-order valence-corrected chi connectivity index (χ1v) is 11.3. The van der Waals surface area contributed by atoms with Gasteiger partial charge in [0.1, 0.15) is 23.0 Å². The van der Waals surface area contributed by atoms with Crippen molar-refractivity contribution in [2.45, 2.75) is 25.4 Å². The van der Waals surface area contributed by atoms with Crippen molar-refractivity contribution in [3.63, 3.8) is 0 Å². The van der Waals surface area contributed by atoms with Crippen LogP contribution in [-0.2, 0) is 6.42 Å². The summed E-state index contributed by atoms with van der Waals surface area (Å²) in [6, 6.07) is 11.4. The lowest BCUT2D eigenvalue weighted by atomic mass is 9.72. The molecule has 0 amide bonds. The highest BCUT2D eigenvalue weighted by Gasteiger charge is 2.37. The van der Waals surface area contributed by atoms with Gasteiger partial charge in [0.15, 0.2) is 11.5 Å². The molecule has 1 aliphatic carbocycles. The highest BCUT2D eigenvalue weighted by atomic mass is 16.5. The van der Waals surface area contributed by atoms with Gasteiger partial charge in [0.2, 0.25) is 0 Å². The molecule has 0 aromatic heterocycles. The molecular formula is C28H32O7. The smallest absolute Gasteiger partial charge is 0.161 e. The molecule has 0 radical (unpaired) electrons. The van der Waals surface area contributed by atoms with Crippen LogP contribution in [0.25, 0.3) is 0 Å². The van der Waals surface area contributed by atoms with Gasteiger partial charge in [-0.3, -0.25) is 0 Å². The standard InChI is InChI=1S/C28H32O7/c1-15-8-23(33-5)24(34-6)14-19(15)28(29)27-21-11-18(31-3)12-22(32-4)20(21)10-16-9-17(30-2)13-25(35-7)26(16)27/h8-9,11-14,27-29H,10H2,1-7H3. The molecule has 7 heteroatoms. The van der Waals surface area contributed by atoms with Crippen molar-refractivity contribution in [2.75, 3.05) is 42.7 Å². The van der Waals surface area contributed by atoms with E-state index in [4.69, 9.17) is 28.4 Å². The summed E-state index contributed by atoms with van der Waals surface area (Å²) in [5.41, 5.74) is 5.41. The third-order valence-electron chi connectivity index (χ3n) is 6.75. The summed E-state index contributed by atoms with van der Waals surface area (Å²) < 4.78 is 33.7. The second kappa shape index (κ2) is 9.96. The van der Waals surface area contributed by atoms with Crippen LogP contribution in [0, 0.1) is 6.92 Å². The first kappa shape index (κ1) is 24.5. The summed E-state index contributed by atoms with van der Waals surface area (Å²) in [5, 5.41) is 12.0. The lowest BCUT2D eigenvalue weighted by molar-refractivity contribution is 0.154. The number of aliphatic hydroxyl groups is 1. The molecule has 186 valence electrons. The van der Waals surface area contributed by atoms with Gasteiger partial charge in [-0.15, -0.1) is 0 Å². The topological polar surface area (TPSA) is 75.6 Å². The second-order valence-electron chi connectivity index (χ2n) is 8.46. The Morgan fingerprint density at radius 1 is 0.686 bits per heavy atom. The van der Waals surface area contributed by atoms with E-state index in [1.807, 2.05) is 43.3 Å². The third-order valence-corrected chi connectivity index (χ3v) is 6.75. The monoisotopic (exact) mass is 480 g/mol. The molecule has 2 atom stereocenters. The van der Waals surface area contributed by atoms with Gasteiger partial charge in [0.25, 0.3) is 0 Å². The number of ether oxygens (including phenoxy) is 6. The molecule has 1 aliphatic rings. The van der Waals surface area contributed by atoms with Crippen molar-refractivity contribution >= 4 is 0 Å². The normalized spacial score (nSPS) is 14.9. The van der Waals surface area contributed by atoms with Crippen LogP contribution < -0.4 is 28.4 Å². The Hall–Kier alpha value is -3.58. The number of benzene rings is 3. The molecule has 0 fully saturated rings. The third kappa shape index (κ3) is 4.21. The number of aryl methyl sites for hydroxylation is 1. The van der Waals surface area contributed by atoms with Crippen LogP contribution >= 0.6 is 0 Å². The van der Waals surface area contributed by atoms with Crippen LogP contribution in [0.1, 0.15) is 45.4 Å². The Morgan fingerprint density at radius 2 is 1.26 bits per heavy atom. The highest BCUT2D eigenvalue weighted by Crippen LogP contribution is 2.52. The molecular weight excluding hydrogens is 448 g/mol. The highest BCUT2D eigenvalue weighted by molar-refractivity contribution is 5.63. The van der Waals surface area contributed by atoms with E-state index >= 15 is 0 Å². The quantitative estimate of drug-likeness (QED) is 0.496. The van der Waals surface area contributed by atoms with Crippen LogP contribution in [0.3, 0.4) is 0 Å². The van der Waals surface area contributed by atoms with Gasteiger partial charge in [0.05, 0.1) is 48.8 Å². The summed E-state index contributed by atoms with van der Waals surface area (Å²) in [6.07, 6.45) is -0.328. The molecule has 2 unspecified atom stereocenters. The summed E-state index contributed by atoms with van der Waals surface area (Å²) in [7, 11) is 9.69. The predicted molar refractivity (Wildman–Crippen MR) is 133 cm³/mol. The van der Waals surface area contributed by atoms with E-state index in [0.29, 0.717) is 40.9 Å². The number of hydrogen-bond donors (Lipinski definition) is 1. The summed E-state index contributed by atoms with van der Waals surface area (Å²) >= 11 is 0. The van der Waals surface area contributed by atoms with Gasteiger partial charge in [0, 0.05) is 35.6 Å². The molecule has 0 saturated carbocycles. The van der Waals surface area contributed by atoms with Crippen molar-refractivity contribution in [3.8, 4) is 34.5 Å². The Kier molecular flexibility index (Phi) is 6.98. The lowest BCUT2D eigenvalue weighted by Gasteiger charge is -2.35. The molecule has 4 rings (SSSR count). The minimum atomic E-state index is -0.924. The number of aliphatic hydroxyl groups excluding tert-OH is 1. The van der Waals surface area contributed by atoms with Gasteiger partial charge in [-0.25, -0.2) is 0 Å². The van der Waals surface area contributed by atoms with E-state index in [1.165, 1.54) is 0 Å². The number of fused-ring (bicyclic) bond motifs is 2. The zero-order chi connectivity index (χ0) is 25.3. The van der Waals surface area contributed by atoms with Crippen molar-refractivity contribution in [1.82, 2.24) is 0 Å². The SMILES string of the molecule is COc1cc2c(c(OC)c1)C(C(O)c1cc(OC)c(OC)cc1C)c1cc(OC)cc(OC)c1C2. The Bertz CT molecular complexity index is 1230. The van der Waals surface area contributed by atoms with Gasteiger partial charge in [-0.2, -0.15) is 0 Å². The minimum absolute atomic E-state index is 0.463. The number of rotatable bonds is 8. The van der Waals surface area contributed by atoms with Gasteiger partial charge in [-0.05, 0) is 53.4 Å². The van der Waals surface area contributed by atoms with E-state index in [-0.39, 0.29) is 0 Å². The minimum Gasteiger partial charge on any atom is -0.497 e. The predicted octanol–water partition coefficient (Wildman–Crippen LogP) is 4.82. The van der Waals surface area contributed by atoms with Crippen LogP contribution in [0.4, 0.5) is 0 Å². The van der Waals surface area contributed by atoms with Crippen LogP contribution in [-0.4, -0.2) is 47.8 Å². The average molecular weight is 481 g/mol. The maximum atomic E-state index is 12.0. The van der Waals surface area contributed by atoms with E-state index < -0.39 is 12.0 Å². The first-order chi connectivity index (χ1) is 16.9. The molecule has 0 spiro atoms. The van der Waals surface area contributed by atoms with E-state index in [9.17, 15) is 5.11 Å². The number of methoxy groups -OCH3 is 6. The van der Waals surface area contributed by atoms with Gasteiger partial charge < -0.3 is 33.5 Å². The zero-order valence-electron chi connectivity index (χ0n) is 21.2. The van der Waals surface area contributed by atoms with Crippen molar-refractivity contribution in [3.05, 3.63) is 69.8 Å². The van der Waals surface area contributed by atoms with E-state index in [1.54, 1.807) is 42.7 Å². The Labute approximate surface area is 206 Å². The van der Waals surface area contributed by atoms with Crippen LogP contribution in [0.2, 0.25) is 0 Å². The molecule has 0 aliphatic heterocycles. The number of hydrogen-bond acceptors (Lipinski definition) is 7. The lowest BCUT2D eigenvalue weighted by Crippen LogP contribution is -2.22. The molecule has 7 nitrogen and oxygen atoms in total. The fourth-order valence-electron chi connectivity index (χ4n) is 5.02. The van der Waals surface area contributed by atoms with Gasteiger partial charge in [-0.1, -0.05) is 0 Å². The maximum absolute atomic E-state index is 12.0. The zero-order valence-corrected chi connectivity index (χ0v) is 21.2. The van der Waals surface area contributed by atoms with Crippen molar-refractivity contribution in [2.24, 2.45) is 0 Å². The summed E-state index contributed by atoms with van der Waals surface area (Å²) in [6.45, 7) is 1.95. The molecule has 3 aromatic rings. The Morgan fingerprint density at radius 3 is 1.86 bits per heavy atom. The average Bonchev–Trinajstić information content (AvgIpc) is 2.89. The molecule has 3 aromatic carbocycles. The fraction of sp³-hybridized carbons (Fsp3) is 0.357. The largest absolute Gasteiger partial charge is 0.497 e. The molecule has 35 heavy (non-hydrogen) atoms. The van der Waals surface area contributed by atoms with E-state index in [2.05, 4.69) is 0 Å². The van der Waals surface area contributed by atoms with Crippen molar-refractivity contribution in [1.29, 1.82) is 0 Å². The molecule has 0 heterocycles. The van der Waals surface area contributed by atoms with Gasteiger partial charge >= 0.3 is 0 Å². The van der Waals surface area contributed by atoms with Crippen LogP contribution in [0.15, 0.2) is 36.4 Å². The summed E-state index contributed by atoms with van der Waals surface area (Å²) in [4.78, 5) is 0. The summed E-state index contributed by atoms with van der Waals surface area (Å²) in [5.74, 6) is 3.38. The molecule has 0 saturated heterocycles. The molecule has 1 N–H and O–H groups in total. The van der Waals surface area contributed by atoms with Crippen LogP contribution in [0.5, 0.6) is 34.5 Å². The maximum Gasteiger partial charge on any atom is 0.161 e.